The molecule has 1 saturated carbocycles. The van der Waals surface area contributed by atoms with E-state index in [1.807, 2.05) is 19.9 Å². The van der Waals surface area contributed by atoms with Crippen LogP contribution in [-0.4, -0.2) is 5.78 Å². The Labute approximate surface area is 106 Å². The van der Waals surface area contributed by atoms with E-state index in [-0.39, 0.29) is 5.92 Å². The molecular formula is C16H26O. The first-order chi connectivity index (χ1) is 8.27. The lowest BCUT2D eigenvalue weighted by molar-refractivity contribution is -0.120. The summed E-state index contributed by atoms with van der Waals surface area (Å²) in [5.41, 5.74) is 1.23. The van der Waals surface area contributed by atoms with Gasteiger partial charge in [-0.15, -0.1) is 0 Å². The summed E-state index contributed by atoms with van der Waals surface area (Å²) in [7, 11) is 0. The highest BCUT2D eigenvalue weighted by molar-refractivity contribution is 5.83. The zero-order valence-electron chi connectivity index (χ0n) is 11.5. The van der Waals surface area contributed by atoms with Crippen LogP contribution in [0.5, 0.6) is 0 Å². The van der Waals surface area contributed by atoms with Crippen molar-refractivity contribution in [3.8, 4) is 0 Å². The fraction of sp³-hybridized carbons (Fsp3) is 0.562. The molecule has 1 nitrogen and oxygen atoms in total. The van der Waals surface area contributed by atoms with E-state index in [9.17, 15) is 4.79 Å². The van der Waals surface area contributed by atoms with Gasteiger partial charge in [0.25, 0.3) is 0 Å². The van der Waals surface area contributed by atoms with Crippen LogP contribution in [-0.2, 0) is 4.79 Å². The van der Waals surface area contributed by atoms with Crippen molar-refractivity contribution >= 4 is 5.78 Å². The van der Waals surface area contributed by atoms with Crippen LogP contribution < -0.4 is 0 Å². The number of ketones is 1. The summed E-state index contributed by atoms with van der Waals surface area (Å²) in [5.74, 6) is 0.701. The van der Waals surface area contributed by atoms with Crippen LogP contribution in [0.1, 0.15) is 52.9 Å². The molecule has 0 heterocycles. The molecule has 0 spiro atoms. The summed E-state index contributed by atoms with van der Waals surface area (Å²) >= 11 is 0. The summed E-state index contributed by atoms with van der Waals surface area (Å²) < 4.78 is 0. The molecule has 1 unspecified atom stereocenters. The van der Waals surface area contributed by atoms with E-state index in [0.717, 1.165) is 32.1 Å². The van der Waals surface area contributed by atoms with Crippen LogP contribution in [0, 0.1) is 5.92 Å². The minimum absolute atomic E-state index is 0.262. The SMILES string of the molecule is C=C/C=C(\C=C/CC)CC1CCCC1=O.CC. The van der Waals surface area contributed by atoms with Crippen molar-refractivity contribution in [2.75, 3.05) is 0 Å². The van der Waals surface area contributed by atoms with Crippen molar-refractivity contribution < 1.29 is 4.79 Å². The smallest absolute Gasteiger partial charge is 0.136 e. The van der Waals surface area contributed by atoms with Crippen LogP contribution >= 0.6 is 0 Å². The van der Waals surface area contributed by atoms with E-state index < -0.39 is 0 Å². The molecule has 1 aliphatic carbocycles. The van der Waals surface area contributed by atoms with E-state index in [4.69, 9.17) is 0 Å². The highest BCUT2D eigenvalue weighted by atomic mass is 16.1. The van der Waals surface area contributed by atoms with Crippen molar-refractivity contribution in [2.24, 2.45) is 5.92 Å². The maximum Gasteiger partial charge on any atom is 0.136 e. The van der Waals surface area contributed by atoms with E-state index >= 15 is 0 Å². The quantitative estimate of drug-likeness (QED) is 0.621. The van der Waals surface area contributed by atoms with Crippen molar-refractivity contribution in [1.29, 1.82) is 0 Å². The van der Waals surface area contributed by atoms with E-state index in [1.165, 1.54) is 5.57 Å². The van der Waals surface area contributed by atoms with Gasteiger partial charge in [-0.2, -0.15) is 0 Å². The molecule has 0 saturated heterocycles. The monoisotopic (exact) mass is 234 g/mol. The molecule has 1 heteroatoms. The first kappa shape index (κ1) is 15.9. The van der Waals surface area contributed by atoms with Crippen molar-refractivity contribution in [2.45, 2.75) is 52.9 Å². The molecule has 0 aromatic heterocycles. The van der Waals surface area contributed by atoms with Crippen molar-refractivity contribution in [1.82, 2.24) is 0 Å². The third kappa shape index (κ3) is 6.25. The Morgan fingerprint density at radius 3 is 2.65 bits per heavy atom. The summed E-state index contributed by atoms with van der Waals surface area (Å²) in [5, 5.41) is 0. The molecule has 1 fully saturated rings. The highest BCUT2D eigenvalue weighted by Gasteiger charge is 2.24. The van der Waals surface area contributed by atoms with Crippen LogP contribution in [0.2, 0.25) is 0 Å². The van der Waals surface area contributed by atoms with Gasteiger partial charge in [0.2, 0.25) is 0 Å². The first-order valence-electron chi connectivity index (χ1n) is 6.78. The third-order valence-electron chi connectivity index (χ3n) is 2.81. The average molecular weight is 234 g/mol. The summed E-state index contributed by atoms with van der Waals surface area (Å²) in [6.07, 6.45) is 12.9. The molecule has 17 heavy (non-hydrogen) atoms. The highest BCUT2D eigenvalue weighted by Crippen LogP contribution is 2.27. The van der Waals surface area contributed by atoms with Gasteiger partial charge in [0, 0.05) is 12.3 Å². The van der Waals surface area contributed by atoms with Gasteiger partial charge in [-0.05, 0) is 31.3 Å². The number of hydrogen-bond donors (Lipinski definition) is 0. The van der Waals surface area contributed by atoms with Crippen LogP contribution in [0.3, 0.4) is 0 Å². The summed E-state index contributed by atoms with van der Waals surface area (Å²) in [4.78, 5) is 11.5. The molecule has 1 atom stereocenters. The first-order valence-corrected chi connectivity index (χ1v) is 6.78. The molecule has 0 bridgehead atoms. The van der Waals surface area contributed by atoms with Gasteiger partial charge >= 0.3 is 0 Å². The Kier molecular flexibility index (Phi) is 9.41. The fourth-order valence-corrected chi connectivity index (χ4v) is 2.00. The maximum atomic E-state index is 11.5. The van der Waals surface area contributed by atoms with E-state index in [2.05, 4.69) is 25.7 Å². The van der Waals surface area contributed by atoms with Gasteiger partial charge < -0.3 is 0 Å². The predicted molar refractivity (Wildman–Crippen MR) is 76.0 cm³/mol. The van der Waals surface area contributed by atoms with Gasteiger partial charge in [0.15, 0.2) is 0 Å². The number of carbonyl (C=O) groups excluding carboxylic acids is 1. The predicted octanol–water partition coefficient (Wildman–Crippen LogP) is 4.85. The molecule has 0 radical (unpaired) electrons. The van der Waals surface area contributed by atoms with Crippen molar-refractivity contribution in [3.63, 3.8) is 0 Å². The molecule has 0 aromatic carbocycles. The molecule has 0 aromatic rings. The summed E-state index contributed by atoms with van der Waals surface area (Å²) in [6, 6.07) is 0. The Morgan fingerprint density at radius 1 is 1.47 bits per heavy atom. The second-order valence-electron chi connectivity index (χ2n) is 4.05. The normalized spacial score (nSPS) is 20.3. The zero-order valence-corrected chi connectivity index (χ0v) is 11.5. The second-order valence-corrected chi connectivity index (χ2v) is 4.05. The topological polar surface area (TPSA) is 17.1 Å². The molecular weight excluding hydrogens is 208 g/mol. The Balaban J connectivity index is 0.00000121. The van der Waals surface area contributed by atoms with Crippen molar-refractivity contribution in [3.05, 3.63) is 36.5 Å². The lowest BCUT2D eigenvalue weighted by Gasteiger charge is -2.07. The number of rotatable bonds is 5. The third-order valence-corrected chi connectivity index (χ3v) is 2.81. The molecule has 1 rings (SSSR count). The minimum atomic E-state index is 0.262. The van der Waals surface area contributed by atoms with Gasteiger partial charge in [-0.3, -0.25) is 4.79 Å². The number of hydrogen-bond acceptors (Lipinski definition) is 1. The van der Waals surface area contributed by atoms with Gasteiger partial charge in [0.1, 0.15) is 5.78 Å². The average Bonchev–Trinajstić information content (AvgIpc) is 2.75. The fourth-order valence-electron chi connectivity index (χ4n) is 2.00. The lowest BCUT2D eigenvalue weighted by Crippen LogP contribution is -2.06. The zero-order chi connectivity index (χ0) is 13.1. The van der Waals surface area contributed by atoms with E-state index in [1.54, 1.807) is 6.08 Å². The van der Waals surface area contributed by atoms with Crippen LogP contribution in [0.4, 0.5) is 0 Å². The number of Topliss-reactive ketones (excluding diaryl/α,β-unsaturated/α-hetero) is 1. The molecule has 0 amide bonds. The largest absolute Gasteiger partial charge is 0.299 e. The Bertz CT molecular complexity index is 284. The Morgan fingerprint density at radius 2 is 2.18 bits per heavy atom. The molecule has 0 N–H and O–H groups in total. The molecule has 0 aliphatic heterocycles. The minimum Gasteiger partial charge on any atom is -0.299 e. The van der Waals surface area contributed by atoms with Gasteiger partial charge in [0.05, 0.1) is 0 Å². The van der Waals surface area contributed by atoms with Gasteiger partial charge in [-0.1, -0.05) is 51.7 Å². The number of allylic oxidation sites excluding steroid dienone is 5. The summed E-state index contributed by atoms with van der Waals surface area (Å²) in [6.45, 7) is 9.82. The van der Waals surface area contributed by atoms with Crippen LogP contribution in [0.25, 0.3) is 0 Å². The standard InChI is InChI=1S/C14H20O.C2H6/c1-3-5-8-12(7-4-2)11-13-9-6-10-14(13)15;1-2/h4-5,7-8,13H,2-3,6,9-11H2,1H3;1-2H3/b8-5-,12-7+;. The maximum absolute atomic E-state index is 11.5. The Hall–Kier alpha value is -1.11. The van der Waals surface area contributed by atoms with Crippen LogP contribution in [0.15, 0.2) is 36.5 Å². The lowest BCUT2D eigenvalue weighted by atomic mass is 9.96. The van der Waals surface area contributed by atoms with Gasteiger partial charge in [-0.25, -0.2) is 0 Å². The number of carbonyl (C=O) groups is 1. The second kappa shape index (κ2) is 10.1. The molecule has 96 valence electrons. The molecule has 1 aliphatic rings. The van der Waals surface area contributed by atoms with E-state index in [0.29, 0.717) is 5.78 Å².